The van der Waals surface area contributed by atoms with Crippen LogP contribution in [0.15, 0.2) is 17.5 Å². The Morgan fingerprint density at radius 1 is 1.42 bits per heavy atom. The molecule has 1 aromatic heterocycles. The van der Waals surface area contributed by atoms with Gasteiger partial charge in [0.2, 0.25) is 0 Å². The summed E-state index contributed by atoms with van der Waals surface area (Å²) in [5, 5.41) is 8.45. The monoisotopic (exact) mass is 300 g/mol. The topological polar surface area (TPSA) is 50.4 Å². The summed E-state index contributed by atoms with van der Waals surface area (Å²) in [5.41, 5.74) is 0. The summed E-state index contributed by atoms with van der Waals surface area (Å²) >= 11 is 3.59. The number of ether oxygens (including phenoxy) is 1. The van der Waals surface area contributed by atoms with Gasteiger partial charge in [0.05, 0.1) is 6.54 Å². The van der Waals surface area contributed by atoms with Crippen LogP contribution >= 0.6 is 23.1 Å². The lowest BCUT2D eigenvalue weighted by Crippen LogP contribution is -2.36. The van der Waals surface area contributed by atoms with Crippen molar-refractivity contribution in [3.8, 4) is 0 Å². The predicted molar refractivity (Wildman–Crippen MR) is 80.9 cm³/mol. The van der Waals surface area contributed by atoms with Gasteiger partial charge < -0.3 is 15.4 Å². The third-order valence-electron chi connectivity index (χ3n) is 2.91. The molecule has 106 valence electrons. The van der Waals surface area contributed by atoms with E-state index in [1.165, 1.54) is 4.88 Å². The first kappa shape index (κ1) is 14.7. The Hall–Kier alpha value is -0.720. The van der Waals surface area contributed by atoms with Crippen LogP contribution in [-0.4, -0.2) is 36.8 Å². The highest BCUT2D eigenvalue weighted by Gasteiger charge is 2.13. The molecular weight excluding hydrogens is 280 g/mol. The molecule has 2 heterocycles. The quantitative estimate of drug-likeness (QED) is 0.794. The van der Waals surface area contributed by atoms with Gasteiger partial charge in [-0.25, -0.2) is 4.79 Å². The van der Waals surface area contributed by atoms with E-state index in [1.807, 2.05) is 29.3 Å². The molecule has 0 aliphatic carbocycles. The molecule has 1 aliphatic heterocycles. The first-order valence-corrected chi connectivity index (χ1v) is 8.51. The molecule has 0 saturated carbocycles. The number of hydrogen-bond acceptors (Lipinski definition) is 4. The average Bonchev–Trinajstić information content (AvgIpc) is 2.96. The van der Waals surface area contributed by atoms with Gasteiger partial charge in [-0.1, -0.05) is 6.07 Å². The van der Waals surface area contributed by atoms with Gasteiger partial charge in [0.15, 0.2) is 0 Å². The van der Waals surface area contributed by atoms with E-state index in [4.69, 9.17) is 4.74 Å². The fourth-order valence-electron chi connectivity index (χ4n) is 1.88. The SMILES string of the molecule is O=C(NCCSC1CCOCC1)NCc1cccs1. The van der Waals surface area contributed by atoms with Crippen LogP contribution in [0.1, 0.15) is 17.7 Å². The van der Waals surface area contributed by atoms with Crippen LogP contribution in [0.4, 0.5) is 4.79 Å². The average molecular weight is 300 g/mol. The van der Waals surface area contributed by atoms with Crippen molar-refractivity contribution in [3.05, 3.63) is 22.4 Å². The van der Waals surface area contributed by atoms with Crippen molar-refractivity contribution in [1.29, 1.82) is 0 Å². The van der Waals surface area contributed by atoms with E-state index in [0.29, 0.717) is 11.8 Å². The van der Waals surface area contributed by atoms with E-state index in [1.54, 1.807) is 11.3 Å². The highest BCUT2D eigenvalue weighted by Crippen LogP contribution is 2.21. The molecule has 2 rings (SSSR count). The number of thioether (sulfide) groups is 1. The van der Waals surface area contributed by atoms with E-state index in [2.05, 4.69) is 10.6 Å². The van der Waals surface area contributed by atoms with E-state index in [0.717, 1.165) is 38.4 Å². The second-order valence-corrected chi connectivity index (χ2v) is 6.81. The highest BCUT2D eigenvalue weighted by atomic mass is 32.2. The van der Waals surface area contributed by atoms with Gasteiger partial charge in [0, 0.05) is 35.6 Å². The second-order valence-electron chi connectivity index (χ2n) is 4.37. The van der Waals surface area contributed by atoms with Crippen LogP contribution in [0.2, 0.25) is 0 Å². The van der Waals surface area contributed by atoms with Crippen molar-refractivity contribution in [1.82, 2.24) is 10.6 Å². The zero-order chi connectivity index (χ0) is 13.3. The lowest BCUT2D eigenvalue weighted by Gasteiger charge is -2.21. The highest BCUT2D eigenvalue weighted by molar-refractivity contribution is 7.99. The van der Waals surface area contributed by atoms with Crippen LogP contribution in [0.25, 0.3) is 0 Å². The first-order chi connectivity index (χ1) is 9.34. The third kappa shape index (κ3) is 5.84. The number of carbonyl (C=O) groups is 1. The van der Waals surface area contributed by atoms with Gasteiger partial charge in [-0.3, -0.25) is 0 Å². The number of nitrogens with one attached hydrogen (secondary N) is 2. The lowest BCUT2D eigenvalue weighted by atomic mass is 10.2. The Morgan fingerprint density at radius 2 is 2.26 bits per heavy atom. The predicted octanol–water partition coefficient (Wildman–Crippen LogP) is 2.46. The number of thiophene rings is 1. The van der Waals surface area contributed by atoms with Crippen LogP contribution in [0.3, 0.4) is 0 Å². The van der Waals surface area contributed by atoms with E-state index < -0.39 is 0 Å². The smallest absolute Gasteiger partial charge is 0.315 e. The molecule has 0 spiro atoms. The Morgan fingerprint density at radius 3 is 3.00 bits per heavy atom. The molecule has 2 amide bonds. The van der Waals surface area contributed by atoms with Crippen molar-refractivity contribution in [2.24, 2.45) is 0 Å². The van der Waals surface area contributed by atoms with Gasteiger partial charge >= 0.3 is 6.03 Å². The van der Waals surface area contributed by atoms with Gasteiger partial charge in [-0.15, -0.1) is 11.3 Å². The minimum Gasteiger partial charge on any atom is -0.381 e. The summed E-state index contributed by atoms with van der Waals surface area (Å²) in [6, 6.07) is 3.93. The molecule has 0 radical (unpaired) electrons. The number of hydrogen-bond donors (Lipinski definition) is 2. The molecule has 6 heteroatoms. The molecule has 0 aromatic carbocycles. The maximum absolute atomic E-state index is 11.5. The minimum absolute atomic E-state index is 0.0824. The van der Waals surface area contributed by atoms with Gasteiger partial charge in [-0.2, -0.15) is 11.8 Å². The normalized spacial score (nSPS) is 16.2. The first-order valence-electron chi connectivity index (χ1n) is 6.58. The maximum Gasteiger partial charge on any atom is 0.315 e. The fourth-order valence-corrected chi connectivity index (χ4v) is 3.60. The standard InChI is InChI=1S/C13H20N2O2S2/c16-13(15-10-12-2-1-8-18-12)14-5-9-19-11-3-6-17-7-4-11/h1-2,8,11H,3-7,9-10H2,(H2,14,15,16). The fraction of sp³-hybridized carbons (Fsp3) is 0.615. The van der Waals surface area contributed by atoms with Crippen molar-refractivity contribution in [3.63, 3.8) is 0 Å². The Labute approximate surface area is 122 Å². The van der Waals surface area contributed by atoms with Crippen LogP contribution < -0.4 is 10.6 Å². The molecular formula is C13H20N2O2S2. The Kier molecular flexibility index (Phi) is 6.53. The van der Waals surface area contributed by atoms with Crippen LogP contribution in [0.5, 0.6) is 0 Å². The van der Waals surface area contributed by atoms with E-state index >= 15 is 0 Å². The Balaban J connectivity index is 1.49. The molecule has 0 unspecified atom stereocenters. The Bertz CT molecular complexity index is 365. The van der Waals surface area contributed by atoms with Crippen LogP contribution in [-0.2, 0) is 11.3 Å². The van der Waals surface area contributed by atoms with Crippen LogP contribution in [0, 0.1) is 0 Å². The van der Waals surface area contributed by atoms with Crippen molar-refractivity contribution in [2.75, 3.05) is 25.5 Å². The van der Waals surface area contributed by atoms with Gasteiger partial charge in [-0.05, 0) is 24.3 Å². The minimum atomic E-state index is -0.0824. The molecule has 2 N–H and O–H groups in total. The molecule has 0 atom stereocenters. The summed E-state index contributed by atoms with van der Waals surface area (Å²) in [5.74, 6) is 0.969. The largest absolute Gasteiger partial charge is 0.381 e. The van der Waals surface area contributed by atoms with Gasteiger partial charge in [0.1, 0.15) is 0 Å². The second kappa shape index (κ2) is 8.45. The number of amides is 2. The molecule has 1 aliphatic rings. The third-order valence-corrected chi connectivity index (χ3v) is 5.17. The molecule has 4 nitrogen and oxygen atoms in total. The molecule has 19 heavy (non-hydrogen) atoms. The zero-order valence-electron chi connectivity index (χ0n) is 10.9. The van der Waals surface area contributed by atoms with Crippen molar-refractivity contribution >= 4 is 29.1 Å². The van der Waals surface area contributed by atoms with E-state index in [9.17, 15) is 4.79 Å². The summed E-state index contributed by atoms with van der Waals surface area (Å²) in [7, 11) is 0. The van der Waals surface area contributed by atoms with Crippen molar-refractivity contribution in [2.45, 2.75) is 24.6 Å². The number of urea groups is 1. The molecule has 1 saturated heterocycles. The number of carbonyl (C=O) groups excluding carboxylic acids is 1. The van der Waals surface area contributed by atoms with E-state index in [-0.39, 0.29) is 6.03 Å². The summed E-state index contributed by atoms with van der Waals surface area (Å²) in [4.78, 5) is 12.7. The summed E-state index contributed by atoms with van der Waals surface area (Å²) < 4.78 is 5.32. The lowest BCUT2D eigenvalue weighted by molar-refractivity contribution is 0.100. The molecule has 1 fully saturated rings. The zero-order valence-corrected chi connectivity index (χ0v) is 12.5. The van der Waals surface area contributed by atoms with Crippen molar-refractivity contribution < 1.29 is 9.53 Å². The number of rotatable bonds is 6. The maximum atomic E-state index is 11.5. The molecule has 0 bridgehead atoms. The summed E-state index contributed by atoms with van der Waals surface area (Å²) in [6.07, 6.45) is 2.27. The molecule has 1 aromatic rings. The summed E-state index contributed by atoms with van der Waals surface area (Å²) in [6.45, 7) is 3.09. The van der Waals surface area contributed by atoms with Gasteiger partial charge in [0.25, 0.3) is 0 Å².